The zero-order valence-corrected chi connectivity index (χ0v) is 13.4. The highest BCUT2D eigenvalue weighted by Crippen LogP contribution is 2.27. The first kappa shape index (κ1) is 16.8. The number of carbonyl (C=O) groups excluding carboxylic acids is 1. The molecule has 0 saturated carbocycles. The standard InChI is InChI=1S/C16H25ClN2O/c1-4-5-6-8-18-15(20)7-9-19-16-13(3)10-12(2)11-14(16)17/h10-11,19H,4-9H2,1-3H3,(H,18,20). The Morgan fingerprint density at radius 1 is 1.20 bits per heavy atom. The van der Waals surface area contributed by atoms with Crippen LogP contribution < -0.4 is 10.6 Å². The average Bonchev–Trinajstić information content (AvgIpc) is 2.37. The Hall–Kier alpha value is -1.22. The molecule has 0 aliphatic rings. The van der Waals surface area contributed by atoms with Crippen molar-refractivity contribution in [3.8, 4) is 0 Å². The molecule has 20 heavy (non-hydrogen) atoms. The van der Waals surface area contributed by atoms with Crippen LogP contribution in [0.2, 0.25) is 5.02 Å². The molecule has 1 aromatic rings. The molecule has 0 aliphatic heterocycles. The van der Waals surface area contributed by atoms with E-state index in [-0.39, 0.29) is 5.91 Å². The van der Waals surface area contributed by atoms with Crippen LogP contribution in [0.3, 0.4) is 0 Å². The average molecular weight is 297 g/mol. The zero-order chi connectivity index (χ0) is 15.0. The second kappa shape index (κ2) is 8.85. The van der Waals surface area contributed by atoms with Crippen molar-refractivity contribution in [3.63, 3.8) is 0 Å². The molecule has 0 unspecified atom stereocenters. The number of rotatable bonds is 8. The van der Waals surface area contributed by atoms with E-state index in [9.17, 15) is 4.79 Å². The molecule has 112 valence electrons. The van der Waals surface area contributed by atoms with Crippen LogP contribution in [0.25, 0.3) is 0 Å². The van der Waals surface area contributed by atoms with Gasteiger partial charge in [-0.1, -0.05) is 37.4 Å². The third-order valence-electron chi connectivity index (χ3n) is 3.19. The van der Waals surface area contributed by atoms with Gasteiger partial charge in [0.25, 0.3) is 0 Å². The van der Waals surface area contributed by atoms with Crippen molar-refractivity contribution in [2.75, 3.05) is 18.4 Å². The molecule has 0 radical (unpaired) electrons. The minimum Gasteiger partial charge on any atom is -0.383 e. The van der Waals surface area contributed by atoms with E-state index in [0.717, 1.165) is 36.2 Å². The van der Waals surface area contributed by atoms with Crippen molar-refractivity contribution in [3.05, 3.63) is 28.3 Å². The first-order chi connectivity index (χ1) is 9.54. The van der Waals surface area contributed by atoms with Crippen LogP contribution in [0.5, 0.6) is 0 Å². The van der Waals surface area contributed by atoms with Gasteiger partial charge in [-0.25, -0.2) is 0 Å². The molecule has 0 aliphatic carbocycles. The maximum absolute atomic E-state index is 11.6. The summed E-state index contributed by atoms with van der Waals surface area (Å²) >= 11 is 6.21. The van der Waals surface area contributed by atoms with Gasteiger partial charge in [0.05, 0.1) is 10.7 Å². The molecule has 0 bridgehead atoms. The Balaban J connectivity index is 2.32. The van der Waals surface area contributed by atoms with Crippen molar-refractivity contribution in [2.45, 2.75) is 46.5 Å². The summed E-state index contributed by atoms with van der Waals surface area (Å²) in [5, 5.41) is 6.89. The highest BCUT2D eigenvalue weighted by atomic mass is 35.5. The van der Waals surface area contributed by atoms with Crippen LogP contribution in [0.4, 0.5) is 5.69 Å². The van der Waals surface area contributed by atoms with E-state index in [2.05, 4.69) is 23.6 Å². The summed E-state index contributed by atoms with van der Waals surface area (Å²) in [6, 6.07) is 4.01. The molecule has 1 rings (SSSR count). The van der Waals surface area contributed by atoms with E-state index < -0.39 is 0 Å². The minimum atomic E-state index is 0.0921. The van der Waals surface area contributed by atoms with Crippen molar-refractivity contribution in [1.82, 2.24) is 5.32 Å². The zero-order valence-electron chi connectivity index (χ0n) is 12.7. The van der Waals surface area contributed by atoms with E-state index in [0.29, 0.717) is 18.0 Å². The molecular formula is C16H25ClN2O. The molecule has 2 N–H and O–H groups in total. The first-order valence-electron chi connectivity index (χ1n) is 7.32. The molecule has 4 heteroatoms. The number of amides is 1. The van der Waals surface area contributed by atoms with Gasteiger partial charge in [-0.15, -0.1) is 0 Å². The van der Waals surface area contributed by atoms with E-state index in [1.165, 1.54) is 6.42 Å². The number of hydrogen-bond acceptors (Lipinski definition) is 2. The number of aryl methyl sites for hydroxylation is 2. The van der Waals surface area contributed by atoms with Crippen molar-refractivity contribution in [1.29, 1.82) is 0 Å². The lowest BCUT2D eigenvalue weighted by molar-refractivity contribution is -0.120. The van der Waals surface area contributed by atoms with Crippen LogP contribution >= 0.6 is 11.6 Å². The lowest BCUT2D eigenvalue weighted by atomic mass is 10.1. The van der Waals surface area contributed by atoms with Crippen molar-refractivity contribution in [2.24, 2.45) is 0 Å². The van der Waals surface area contributed by atoms with Gasteiger partial charge >= 0.3 is 0 Å². The Morgan fingerprint density at radius 3 is 2.60 bits per heavy atom. The Labute approximate surface area is 127 Å². The Kier molecular flexibility index (Phi) is 7.45. The van der Waals surface area contributed by atoms with Gasteiger partial charge < -0.3 is 10.6 Å². The topological polar surface area (TPSA) is 41.1 Å². The summed E-state index contributed by atoms with van der Waals surface area (Å²) < 4.78 is 0. The molecule has 0 aromatic heterocycles. The molecule has 1 aromatic carbocycles. The smallest absolute Gasteiger partial charge is 0.221 e. The number of anilines is 1. The lowest BCUT2D eigenvalue weighted by Gasteiger charge is -2.12. The fourth-order valence-electron chi connectivity index (χ4n) is 2.13. The van der Waals surface area contributed by atoms with E-state index in [4.69, 9.17) is 11.6 Å². The van der Waals surface area contributed by atoms with Crippen molar-refractivity contribution >= 4 is 23.2 Å². The number of halogens is 1. The second-order valence-electron chi connectivity index (χ2n) is 5.17. The molecule has 1 amide bonds. The highest BCUT2D eigenvalue weighted by molar-refractivity contribution is 6.33. The number of benzene rings is 1. The van der Waals surface area contributed by atoms with Gasteiger partial charge in [0.15, 0.2) is 0 Å². The number of hydrogen-bond donors (Lipinski definition) is 2. The molecule has 0 atom stereocenters. The third kappa shape index (κ3) is 5.83. The first-order valence-corrected chi connectivity index (χ1v) is 7.69. The maximum atomic E-state index is 11.6. The molecule has 0 heterocycles. The van der Waals surface area contributed by atoms with Crippen molar-refractivity contribution < 1.29 is 4.79 Å². The molecule has 0 saturated heterocycles. The van der Waals surface area contributed by atoms with Gasteiger partial charge in [-0.2, -0.15) is 0 Å². The van der Waals surface area contributed by atoms with Gasteiger partial charge in [0, 0.05) is 19.5 Å². The largest absolute Gasteiger partial charge is 0.383 e. The molecule has 0 spiro atoms. The van der Waals surface area contributed by atoms with E-state index in [1.54, 1.807) is 0 Å². The summed E-state index contributed by atoms with van der Waals surface area (Å²) in [7, 11) is 0. The predicted octanol–water partition coefficient (Wildman–Crippen LogP) is 4.07. The normalized spacial score (nSPS) is 10.4. The fraction of sp³-hybridized carbons (Fsp3) is 0.562. The van der Waals surface area contributed by atoms with E-state index in [1.807, 2.05) is 19.9 Å². The molecule has 3 nitrogen and oxygen atoms in total. The SMILES string of the molecule is CCCCCNC(=O)CCNc1c(C)cc(C)cc1Cl. The van der Waals surface area contributed by atoms with E-state index >= 15 is 0 Å². The summed E-state index contributed by atoms with van der Waals surface area (Å²) in [5.74, 6) is 0.0921. The van der Waals surface area contributed by atoms with Gasteiger partial charge in [-0.05, 0) is 37.5 Å². The lowest BCUT2D eigenvalue weighted by Crippen LogP contribution is -2.26. The summed E-state index contributed by atoms with van der Waals surface area (Å²) in [4.78, 5) is 11.6. The number of unbranched alkanes of at least 4 members (excludes halogenated alkanes) is 2. The Bertz CT molecular complexity index is 423. The van der Waals surface area contributed by atoms with Gasteiger partial charge in [-0.3, -0.25) is 4.79 Å². The number of nitrogens with one attached hydrogen (secondary N) is 2. The quantitative estimate of drug-likeness (QED) is 0.710. The number of carbonyl (C=O) groups is 1. The Morgan fingerprint density at radius 2 is 1.95 bits per heavy atom. The maximum Gasteiger partial charge on any atom is 0.221 e. The van der Waals surface area contributed by atoms with Crippen LogP contribution in [0, 0.1) is 13.8 Å². The summed E-state index contributed by atoms with van der Waals surface area (Å²) in [6.45, 7) is 7.57. The highest BCUT2D eigenvalue weighted by Gasteiger charge is 2.06. The fourth-order valence-corrected chi connectivity index (χ4v) is 2.52. The molecule has 0 fully saturated rings. The van der Waals surface area contributed by atoms with Crippen LogP contribution in [-0.4, -0.2) is 19.0 Å². The molecular weight excluding hydrogens is 272 g/mol. The monoisotopic (exact) mass is 296 g/mol. The van der Waals surface area contributed by atoms with Crippen LogP contribution in [0.1, 0.15) is 43.7 Å². The summed E-state index contributed by atoms with van der Waals surface area (Å²) in [6.07, 6.45) is 3.85. The summed E-state index contributed by atoms with van der Waals surface area (Å²) in [5.41, 5.74) is 3.18. The van der Waals surface area contributed by atoms with Crippen LogP contribution in [0.15, 0.2) is 12.1 Å². The van der Waals surface area contributed by atoms with Gasteiger partial charge in [0.1, 0.15) is 0 Å². The van der Waals surface area contributed by atoms with Gasteiger partial charge in [0.2, 0.25) is 5.91 Å². The minimum absolute atomic E-state index is 0.0921. The third-order valence-corrected chi connectivity index (χ3v) is 3.49. The predicted molar refractivity (Wildman–Crippen MR) is 86.6 cm³/mol. The van der Waals surface area contributed by atoms with Crippen LogP contribution in [-0.2, 0) is 4.79 Å². The second-order valence-corrected chi connectivity index (χ2v) is 5.58.